The Morgan fingerprint density at radius 2 is 1.90 bits per heavy atom. The summed E-state index contributed by atoms with van der Waals surface area (Å²) < 4.78 is 67.5. The van der Waals surface area contributed by atoms with Crippen LogP contribution < -0.4 is 10.9 Å². The highest BCUT2D eigenvalue weighted by atomic mass is 19.3. The number of nitrogens with one attached hydrogen (secondary N) is 1. The Hall–Kier alpha value is -3.08. The molecule has 1 aromatic carbocycles. The number of aliphatic hydroxyl groups excluding tert-OH is 1. The Balaban J connectivity index is 1.74. The topological polar surface area (TPSA) is 80.0 Å². The maximum absolute atomic E-state index is 14.4. The van der Waals surface area contributed by atoms with Crippen LogP contribution in [-0.2, 0) is 0 Å². The van der Waals surface area contributed by atoms with E-state index in [9.17, 15) is 31.9 Å². The molecule has 11 heteroatoms. The lowest BCUT2D eigenvalue weighted by atomic mass is 10.1. The maximum Gasteiger partial charge on any atom is 0.266 e. The van der Waals surface area contributed by atoms with Crippen molar-refractivity contribution in [1.29, 1.82) is 0 Å². The molecule has 0 bridgehead atoms. The minimum atomic E-state index is -3.06. The molecule has 2 N–H and O–H groups in total. The first-order valence-electron chi connectivity index (χ1n) is 9.36. The molecule has 0 radical (unpaired) electrons. The Morgan fingerprint density at radius 1 is 1.19 bits per heavy atom. The van der Waals surface area contributed by atoms with Gasteiger partial charge in [-0.1, -0.05) is 18.2 Å². The molecule has 1 fully saturated rings. The quantitative estimate of drug-likeness (QED) is 0.446. The van der Waals surface area contributed by atoms with E-state index in [1.165, 1.54) is 23.8 Å². The first-order valence-corrected chi connectivity index (χ1v) is 9.36. The van der Waals surface area contributed by atoms with Crippen molar-refractivity contribution in [2.75, 3.05) is 5.32 Å². The summed E-state index contributed by atoms with van der Waals surface area (Å²) in [5.41, 5.74) is -1.33. The fraction of sp³-hybridized carbons (Fsp3) is 0.350. The SMILES string of the molecule is Cc1c(=O)n([C@H]2C[C@@H]2C(F)F)cc2c(N[C@H](O)c3cccc(C(F)F)c3F)ncnc12. The van der Waals surface area contributed by atoms with E-state index < -0.39 is 53.5 Å². The van der Waals surface area contributed by atoms with Gasteiger partial charge in [-0.2, -0.15) is 0 Å². The minimum absolute atomic E-state index is 0.00885. The van der Waals surface area contributed by atoms with Crippen LogP contribution in [0, 0.1) is 18.7 Å². The van der Waals surface area contributed by atoms with Gasteiger partial charge in [0.05, 0.1) is 16.5 Å². The number of pyridine rings is 1. The number of aliphatic hydroxyl groups is 1. The summed E-state index contributed by atoms with van der Waals surface area (Å²) in [5.74, 6) is -2.21. The number of hydrogen-bond donors (Lipinski definition) is 2. The zero-order valence-corrected chi connectivity index (χ0v) is 16.1. The number of benzene rings is 1. The van der Waals surface area contributed by atoms with Crippen molar-refractivity contribution in [2.45, 2.75) is 38.5 Å². The molecule has 2 heterocycles. The third-order valence-corrected chi connectivity index (χ3v) is 5.41. The lowest BCUT2D eigenvalue weighted by molar-refractivity contribution is 0.116. The molecular formula is C20H17F5N4O2. The molecule has 0 saturated heterocycles. The van der Waals surface area contributed by atoms with E-state index in [0.717, 1.165) is 18.5 Å². The lowest BCUT2D eigenvalue weighted by Gasteiger charge is -2.18. The monoisotopic (exact) mass is 440 g/mol. The molecule has 6 nitrogen and oxygen atoms in total. The van der Waals surface area contributed by atoms with Gasteiger partial charge in [-0.05, 0) is 13.3 Å². The number of aromatic nitrogens is 3. The molecule has 31 heavy (non-hydrogen) atoms. The predicted molar refractivity (Wildman–Crippen MR) is 102 cm³/mol. The first kappa shape index (κ1) is 21.2. The largest absolute Gasteiger partial charge is 0.369 e. The molecular weight excluding hydrogens is 423 g/mol. The van der Waals surface area contributed by atoms with Crippen molar-refractivity contribution >= 4 is 16.7 Å². The van der Waals surface area contributed by atoms with Crippen molar-refractivity contribution in [3.05, 3.63) is 63.6 Å². The Kier molecular flexibility index (Phi) is 5.38. The number of hydrogen-bond acceptors (Lipinski definition) is 5. The van der Waals surface area contributed by atoms with E-state index in [2.05, 4.69) is 15.3 Å². The lowest BCUT2D eigenvalue weighted by Crippen LogP contribution is -2.23. The summed E-state index contributed by atoms with van der Waals surface area (Å²) in [7, 11) is 0. The zero-order chi connectivity index (χ0) is 22.4. The molecule has 0 unspecified atom stereocenters. The summed E-state index contributed by atoms with van der Waals surface area (Å²) in [6.45, 7) is 1.49. The highest BCUT2D eigenvalue weighted by Crippen LogP contribution is 2.47. The molecule has 164 valence electrons. The zero-order valence-electron chi connectivity index (χ0n) is 16.1. The van der Waals surface area contributed by atoms with Crippen LogP contribution in [0.4, 0.5) is 27.8 Å². The second kappa shape index (κ2) is 7.88. The second-order valence-corrected chi connectivity index (χ2v) is 7.35. The standard InChI is InChI=1S/C20H17F5N4O2/c1-8-15-12(6-29(20(8)31)13-5-11(13)17(24)25)18(27-7-26-15)28-19(30)10-4-2-3-9(14(10)21)16(22)23/h2-4,6-7,11,13,16-17,19,30H,5H2,1H3,(H,26,27,28)/t11-,13-,19+/m0/s1. The number of nitrogens with zero attached hydrogens (tertiary/aromatic N) is 3. The highest BCUT2D eigenvalue weighted by Gasteiger charge is 2.46. The van der Waals surface area contributed by atoms with Gasteiger partial charge in [0.25, 0.3) is 12.0 Å². The van der Waals surface area contributed by atoms with E-state index in [-0.39, 0.29) is 28.7 Å². The summed E-state index contributed by atoms with van der Waals surface area (Å²) in [6, 6.07) is 2.56. The number of fused-ring (bicyclic) bond motifs is 1. The van der Waals surface area contributed by atoms with Crippen LogP contribution in [0.1, 0.15) is 41.8 Å². The summed E-state index contributed by atoms with van der Waals surface area (Å²) in [6.07, 6.45) is -4.80. The first-order chi connectivity index (χ1) is 14.7. The maximum atomic E-state index is 14.4. The Bertz CT molecular complexity index is 1200. The van der Waals surface area contributed by atoms with E-state index in [4.69, 9.17) is 0 Å². The molecule has 0 amide bonds. The van der Waals surface area contributed by atoms with Gasteiger partial charge < -0.3 is 15.0 Å². The number of alkyl halides is 4. The van der Waals surface area contributed by atoms with E-state index >= 15 is 0 Å². The van der Waals surface area contributed by atoms with Crippen molar-refractivity contribution < 1.29 is 27.1 Å². The van der Waals surface area contributed by atoms with Crippen LogP contribution >= 0.6 is 0 Å². The van der Waals surface area contributed by atoms with Crippen molar-refractivity contribution in [1.82, 2.24) is 14.5 Å². The van der Waals surface area contributed by atoms with Gasteiger partial charge in [-0.15, -0.1) is 0 Å². The van der Waals surface area contributed by atoms with Gasteiger partial charge in [0, 0.05) is 29.3 Å². The van der Waals surface area contributed by atoms with Crippen LogP contribution in [0.2, 0.25) is 0 Å². The highest BCUT2D eigenvalue weighted by molar-refractivity contribution is 5.90. The molecule has 1 aliphatic rings. The van der Waals surface area contributed by atoms with Crippen LogP contribution in [0.15, 0.2) is 35.5 Å². The minimum Gasteiger partial charge on any atom is -0.369 e. The molecule has 1 aliphatic carbocycles. The van der Waals surface area contributed by atoms with Crippen LogP contribution in [0.3, 0.4) is 0 Å². The Morgan fingerprint density at radius 3 is 2.55 bits per heavy atom. The van der Waals surface area contributed by atoms with E-state index in [0.29, 0.717) is 0 Å². The number of aryl methyl sites for hydroxylation is 1. The average molecular weight is 440 g/mol. The molecule has 3 aromatic rings. The van der Waals surface area contributed by atoms with Crippen molar-refractivity contribution in [3.63, 3.8) is 0 Å². The Labute approximate surface area is 172 Å². The van der Waals surface area contributed by atoms with Gasteiger partial charge in [0.1, 0.15) is 18.0 Å². The molecule has 3 atom stereocenters. The third-order valence-electron chi connectivity index (χ3n) is 5.41. The molecule has 2 aromatic heterocycles. The van der Waals surface area contributed by atoms with Gasteiger partial charge in [-0.3, -0.25) is 4.79 Å². The normalized spacial score (nSPS) is 19.3. The third kappa shape index (κ3) is 3.73. The predicted octanol–water partition coefficient (Wildman–Crippen LogP) is 4.11. The van der Waals surface area contributed by atoms with Gasteiger partial charge >= 0.3 is 0 Å². The fourth-order valence-electron chi connectivity index (χ4n) is 3.62. The molecule has 4 rings (SSSR count). The van der Waals surface area contributed by atoms with Gasteiger partial charge in [-0.25, -0.2) is 31.9 Å². The van der Waals surface area contributed by atoms with E-state index in [1.54, 1.807) is 0 Å². The molecule has 1 saturated carbocycles. The van der Waals surface area contributed by atoms with E-state index in [1.807, 2.05) is 0 Å². The smallest absolute Gasteiger partial charge is 0.266 e. The number of anilines is 1. The number of rotatable bonds is 6. The second-order valence-electron chi connectivity index (χ2n) is 7.35. The van der Waals surface area contributed by atoms with Gasteiger partial charge in [0.15, 0.2) is 6.23 Å². The molecule has 0 aliphatic heterocycles. The van der Waals surface area contributed by atoms with Crippen LogP contribution in [0.5, 0.6) is 0 Å². The summed E-state index contributed by atoms with van der Waals surface area (Å²) >= 11 is 0. The number of halogens is 5. The van der Waals surface area contributed by atoms with Crippen LogP contribution in [-0.4, -0.2) is 26.1 Å². The molecule has 0 spiro atoms. The van der Waals surface area contributed by atoms with Crippen molar-refractivity contribution in [2.24, 2.45) is 5.92 Å². The van der Waals surface area contributed by atoms with Crippen LogP contribution in [0.25, 0.3) is 10.9 Å². The average Bonchev–Trinajstić information content (AvgIpc) is 3.52. The fourth-order valence-corrected chi connectivity index (χ4v) is 3.62. The van der Waals surface area contributed by atoms with Gasteiger partial charge in [0.2, 0.25) is 6.43 Å². The summed E-state index contributed by atoms with van der Waals surface area (Å²) in [5, 5.41) is 13.2. The summed E-state index contributed by atoms with van der Waals surface area (Å²) in [4.78, 5) is 20.6. The van der Waals surface area contributed by atoms with Crippen molar-refractivity contribution in [3.8, 4) is 0 Å².